The van der Waals surface area contributed by atoms with Crippen LogP contribution in [0.2, 0.25) is 20.1 Å². The fourth-order valence-electron chi connectivity index (χ4n) is 2.44. The number of hydrogen-bond donors (Lipinski definition) is 0. The van der Waals surface area contributed by atoms with Gasteiger partial charge in [0, 0.05) is 5.56 Å². The molecule has 0 radical (unpaired) electrons. The minimum atomic E-state index is -0.251. The molecule has 0 aromatic heterocycles. The second-order valence-electron chi connectivity index (χ2n) is 4.95. The van der Waals surface area contributed by atoms with Crippen LogP contribution in [0.1, 0.15) is 32.6 Å². The molecule has 21 heavy (non-hydrogen) atoms. The van der Waals surface area contributed by atoms with Gasteiger partial charge in [-0.3, -0.25) is 4.79 Å². The van der Waals surface area contributed by atoms with Crippen LogP contribution in [0.4, 0.5) is 0 Å². The Bertz CT molecular complexity index is 727. The Labute approximate surface area is 143 Å². The van der Waals surface area contributed by atoms with Crippen LogP contribution in [0.15, 0.2) is 18.2 Å². The molecule has 0 atom stereocenters. The maximum Gasteiger partial charge on any atom is 0.196 e. The summed E-state index contributed by atoms with van der Waals surface area (Å²) in [6.45, 7) is 5.74. The fraction of sp³-hybridized carbons (Fsp3) is 0.188. The van der Waals surface area contributed by atoms with Crippen LogP contribution in [0, 0.1) is 20.8 Å². The molecule has 0 heterocycles. The molecule has 0 amide bonds. The van der Waals surface area contributed by atoms with Crippen molar-refractivity contribution in [3.05, 3.63) is 66.1 Å². The van der Waals surface area contributed by atoms with E-state index in [0.717, 1.165) is 16.7 Å². The molecule has 0 aliphatic rings. The van der Waals surface area contributed by atoms with Crippen LogP contribution in [-0.4, -0.2) is 5.78 Å². The van der Waals surface area contributed by atoms with Gasteiger partial charge in [-0.1, -0.05) is 64.1 Å². The fourth-order valence-corrected chi connectivity index (χ4v) is 3.52. The van der Waals surface area contributed by atoms with Crippen molar-refractivity contribution in [3.8, 4) is 0 Å². The number of aryl methyl sites for hydroxylation is 3. The highest BCUT2D eigenvalue weighted by atomic mass is 35.5. The average molecular weight is 362 g/mol. The van der Waals surface area contributed by atoms with Crippen molar-refractivity contribution in [1.29, 1.82) is 0 Å². The van der Waals surface area contributed by atoms with Gasteiger partial charge in [0.25, 0.3) is 0 Å². The lowest BCUT2D eigenvalue weighted by atomic mass is 9.93. The molecule has 5 heteroatoms. The van der Waals surface area contributed by atoms with Crippen LogP contribution < -0.4 is 0 Å². The summed E-state index contributed by atoms with van der Waals surface area (Å²) in [4.78, 5) is 12.8. The Morgan fingerprint density at radius 2 is 1.29 bits per heavy atom. The van der Waals surface area contributed by atoms with E-state index >= 15 is 0 Å². The highest BCUT2D eigenvalue weighted by molar-refractivity contribution is 6.51. The summed E-state index contributed by atoms with van der Waals surface area (Å²) in [5, 5.41) is 0.631. The Morgan fingerprint density at radius 1 is 0.762 bits per heavy atom. The predicted molar refractivity (Wildman–Crippen MR) is 90.6 cm³/mol. The van der Waals surface area contributed by atoms with Crippen molar-refractivity contribution in [2.24, 2.45) is 0 Å². The molecule has 0 N–H and O–H groups in total. The summed E-state index contributed by atoms with van der Waals surface area (Å²) in [6, 6.07) is 5.32. The number of benzene rings is 2. The molecule has 0 fully saturated rings. The van der Waals surface area contributed by atoms with Gasteiger partial charge in [0.1, 0.15) is 0 Å². The van der Waals surface area contributed by atoms with Gasteiger partial charge in [0.2, 0.25) is 0 Å². The summed E-state index contributed by atoms with van der Waals surface area (Å²) in [6.07, 6.45) is 0. The minimum absolute atomic E-state index is 0.0820. The Morgan fingerprint density at radius 3 is 1.81 bits per heavy atom. The number of ketones is 1. The smallest absolute Gasteiger partial charge is 0.196 e. The molecule has 0 saturated heterocycles. The monoisotopic (exact) mass is 360 g/mol. The van der Waals surface area contributed by atoms with E-state index in [1.54, 1.807) is 0 Å². The standard InChI is InChI=1S/C16H12Cl4O/c1-7-4-8(2)12(9(3)5-7)16(21)13-10(17)6-11(18)14(19)15(13)20/h4-6H,1-3H3. The van der Waals surface area contributed by atoms with E-state index in [4.69, 9.17) is 46.4 Å². The van der Waals surface area contributed by atoms with E-state index in [1.807, 2.05) is 32.9 Å². The Kier molecular flexibility index (Phi) is 4.89. The van der Waals surface area contributed by atoms with Crippen molar-refractivity contribution < 1.29 is 4.79 Å². The van der Waals surface area contributed by atoms with E-state index in [0.29, 0.717) is 5.56 Å². The lowest BCUT2D eigenvalue weighted by Crippen LogP contribution is -2.08. The highest BCUT2D eigenvalue weighted by Gasteiger charge is 2.23. The van der Waals surface area contributed by atoms with Crippen LogP contribution in [0.5, 0.6) is 0 Å². The molecule has 0 aliphatic heterocycles. The molecular formula is C16H12Cl4O. The van der Waals surface area contributed by atoms with Gasteiger partial charge >= 0.3 is 0 Å². The molecule has 0 spiro atoms. The van der Waals surface area contributed by atoms with Gasteiger partial charge in [-0.05, 0) is 38.0 Å². The predicted octanol–water partition coefficient (Wildman–Crippen LogP) is 6.46. The number of halogens is 4. The van der Waals surface area contributed by atoms with Crippen molar-refractivity contribution in [2.45, 2.75) is 20.8 Å². The van der Waals surface area contributed by atoms with Crippen LogP contribution in [-0.2, 0) is 0 Å². The van der Waals surface area contributed by atoms with E-state index < -0.39 is 0 Å². The molecule has 0 bridgehead atoms. The van der Waals surface area contributed by atoms with E-state index in [2.05, 4.69) is 0 Å². The SMILES string of the molecule is Cc1cc(C)c(C(=O)c2c(Cl)cc(Cl)c(Cl)c2Cl)c(C)c1. The second kappa shape index (κ2) is 6.18. The van der Waals surface area contributed by atoms with E-state index in [9.17, 15) is 4.79 Å². The third-order valence-corrected chi connectivity index (χ3v) is 4.81. The van der Waals surface area contributed by atoms with Crippen molar-refractivity contribution in [2.75, 3.05) is 0 Å². The molecule has 2 aromatic carbocycles. The van der Waals surface area contributed by atoms with Gasteiger partial charge in [-0.15, -0.1) is 0 Å². The van der Waals surface area contributed by atoms with Gasteiger partial charge in [-0.2, -0.15) is 0 Å². The molecule has 1 nitrogen and oxygen atoms in total. The molecular weight excluding hydrogens is 350 g/mol. The molecule has 2 aromatic rings. The Hall–Kier alpha value is -0.730. The number of carbonyl (C=O) groups excluding carboxylic acids is 1. The van der Waals surface area contributed by atoms with Gasteiger partial charge in [0.15, 0.2) is 5.78 Å². The first-order chi connectivity index (χ1) is 9.73. The summed E-state index contributed by atoms with van der Waals surface area (Å²) in [5.74, 6) is -0.251. The largest absolute Gasteiger partial charge is 0.288 e. The highest BCUT2D eigenvalue weighted by Crippen LogP contribution is 2.39. The van der Waals surface area contributed by atoms with Gasteiger partial charge in [0.05, 0.1) is 25.7 Å². The lowest BCUT2D eigenvalue weighted by Gasteiger charge is -2.13. The molecule has 2 rings (SSSR count). The lowest BCUT2D eigenvalue weighted by molar-refractivity contribution is 0.103. The first-order valence-electron chi connectivity index (χ1n) is 6.19. The summed E-state index contributed by atoms with van der Waals surface area (Å²) in [5.41, 5.74) is 3.60. The molecule has 0 unspecified atom stereocenters. The maximum atomic E-state index is 12.8. The third-order valence-electron chi connectivity index (χ3n) is 3.25. The summed E-state index contributed by atoms with van der Waals surface area (Å²) in [7, 11) is 0. The molecule has 0 saturated carbocycles. The molecule has 0 aliphatic carbocycles. The average Bonchev–Trinajstić information content (AvgIpc) is 2.34. The number of carbonyl (C=O) groups is 1. The van der Waals surface area contributed by atoms with Crippen molar-refractivity contribution in [3.63, 3.8) is 0 Å². The zero-order valence-corrected chi connectivity index (χ0v) is 14.7. The summed E-state index contributed by atoms with van der Waals surface area (Å²) >= 11 is 24.2. The van der Waals surface area contributed by atoms with Gasteiger partial charge in [-0.25, -0.2) is 0 Å². The quantitative estimate of drug-likeness (QED) is 0.341. The number of rotatable bonds is 2. The van der Waals surface area contributed by atoms with E-state index in [1.165, 1.54) is 6.07 Å². The van der Waals surface area contributed by atoms with Crippen LogP contribution in [0.3, 0.4) is 0 Å². The van der Waals surface area contributed by atoms with Crippen molar-refractivity contribution in [1.82, 2.24) is 0 Å². The summed E-state index contributed by atoms with van der Waals surface area (Å²) < 4.78 is 0. The molecule has 110 valence electrons. The maximum absolute atomic E-state index is 12.8. The number of hydrogen-bond acceptors (Lipinski definition) is 1. The second-order valence-corrected chi connectivity index (χ2v) is 6.52. The third kappa shape index (κ3) is 3.07. The minimum Gasteiger partial charge on any atom is -0.288 e. The Balaban J connectivity index is 2.70. The topological polar surface area (TPSA) is 17.1 Å². The zero-order chi connectivity index (χ0) is 15.9. The van der Waals surface area contributed by atoms with Crippen LogP contribution >= 0.6 is 46.4 Å². The first kappa shape index (κ1) is 16.6. The van der Waals surface area contributed by atoms with Crippen LogP contribution in [0.25, 0.3) is 0 Å². The van der Waals surface area contributed by atoms with Crippen molar-refractivity contribution >= 4 is 52.2 Å². The van der Waals surface area contributed by atoms with E-state index in [-0.39, 0.29) is 31.4 Å². The first-order valence-corrected chi connectivity index (χ1v) is 7.70. The zero-order valence-electron chi connectivity index (χ0n) is 11.7. The normalized spacial score (nSPS) is 10.8. The van der Waals surface area contributed by atoms with Gasteiger partial charge < -0.3 is 0 Å².